The molecule has 0 bridgehead atoms. The second kappa shape index (κ2) is 11.7. The largest absolute Gasteiger partial charge is 0.495 e. The van der Waals surface area contributed by atoms with E-state index in [2.05, 4.69) is 36.1 Å². The SMILES string of the molecule is Cc1cc(-c2cnc(C3(O)CCCc4cc(C(=O)O)ccc43)s2)nc(Nc2cc(C(F)(F)F)cc[n+]2OC(=O)C(F)(F)F)c1Br. The molecule has 0 fully saturated rings. The standard InChI is InChI=1S/C28H19BrF6N4O5S/c1-13-9-18(19-12-36-24(45-19)26(43)7-2-3-14-10-15(23(40)41)4-5-17(14)26)37-22(21(13)29)38-20-11-16(27(30,31)32)6-8-39(20)44-25(42)28(33,34)35/h4-6,8-12,43H,2-3,7H2,1H3,(H,40,41)/p+1. The molecule has 3 heterocycles. The van der Waals surface area contributed by atoms with Crippen LogP contribution in [0.2, 0.25) is 0 Å². The number of anilines is 2. The lowest BCUT2D eigenvalue weighted by Gasteiger charge is -2.33. The summed E-state index contributed by atoms with van der Waals surface area (Å²) in [4.78, 5) is 36.4. The minimum absolute atomic E-state index is 0.0858. The first-order valence-electron chi connectivity index (χ1n) is 12.9. The summed E-state index contributed by atoms with van der Waals surface area (Å²) in [7, 11) is 0. The second-order valence-electron chi connectivity index (χ2n) is 10.0. The highest BCUT2D eigenvalue weighted by Gasteiger charge is 2.44. The smallest absolute Gasteiger partial charge is 0.478 e. The van der Waals surface area contributed by atoms with Crippen LogP contribution in [0.3, 0.4) is 0 Å². The minimum atomic E-state index is -5.42. The molecule has 4 aromatic rings. The molecule has 45 heavy (non-hydrogen) atoms. The predicted octanol–water partition coefficient (Wildman–Crippen LogP) is 6.11. The van der Waals surface area contributed by atoms with Gasteiger partial charge in [0.25, 0.3) is 0 Å². The van der Waals surface area contributed by atoms with Gasteiger partial charge in [-0.3, -0.25) is 0 Å². The molecule has 0 amide bonds. The van der Waals surface area contributed by atoms with Crippen LogP contribution in [-0.2, 0) is 23.0 Å². The van der Waals surface area contributed by atoms with Gasteiger partial charge in [-0.25, -0.2) is 29.7 Å². The molecule has 1 aliphatic carbocycles. The number of hydrogen-bond donors (Lipinski definition) is 3. The molecule has 0 spiro atoms. The Morgan fingerprint density at radius 2 is 1.87 bits per heavy atom. The first kappa shape index (κ1) is 32.3. The molecular formula is C28H20BrF6N4O5S+. The van der Waals surface area contributed by atoms with Crippen molar-refractivity contribution in [2.24, 2.45) is 0 Å². The average molecular weight is 718 g/mol. The van der Waals surface area contributed by atoms with E-state index in [0.717, 1.165) is 11.3 Å². The summed E-state index contributed by atoms with van der Waals surface area (Å²) in [6, 6.07) is 6.98. The van der Waals surface area contributed by atoms with Crippen LogP contribution in [0.25, 0.3) is 10.6 Å². The summed E-state index contributed by atoms with van der Waals surface area (Å²) in [5.41, 5.74) is -0.709. The molecule has 3 N–H and O–H groups in total. The van der Waals surface area contributed by atoms with Gasteiger partial charge in [-0.1, -0.05) is 6.07 Å². The van der Waals surface area contributed by atoms with Gasteiger partial charge in [0.05, 0.1) is 26.2 Å². The molecule has 5 rings (SSSR count). The number of nitrogens with zero attached hydrogens (tertiary/aromatic N) is 3. The fourth-order valence-corrected chi connectivity index (χ4v) is 6.09. The van der Waals surface area contributed by atoms with Gasteiger partial charge in [-0.05, 0) is 87.8 Å². The van der Waals surface area contributed by atoms with E-state index in [1.165, 1.54) is 18.3 Å². The van der Waals surface area contributed by atoms with Crippen molar-refractivity contribution in [2.75, 3.05) is 5.32 Å². The van der Waals surface area contributed by atoms with E-state index in [9.17, 15) is 46.1 Å². The molecule has 0 radical (unpaired) electrons. The van der Waals surface area contributed by atoms with Crippen LogP contribution in [0.4, 0.5) is 38.0 Å². The number of carbonyl (C=O) groups excluding carboxylic acids is 1. The number of fused-ring (bicyclic) bond motifs is 1. The molecule has 0 saturated carbocycles. The van der Waals surface area contributed by atoms with E-state index < -0.39 is 41.3 Å². The van der Waals surface area contributed by atoms with Crippen LogP contribution in [0.15, 0.2) is 53.3 Å². The summed E-state index contributed by atoms with van der Waals surface area (Å²) in [6.45, 7) is 1.64. The first-order chi connectivity index (χ1) is 21.0. The second-order valence-corrected chi connectivity index (χ2v) is 11.9. The minimum Gasteiger partial charge on any atom is -0.478 e. The molecule has 1 aromatic carbocycles. The van der Waals surface area contributed by atoms with Gasteiger partial charge in [-0.15, -0.1) is 11.3 Å². The van der Waals surface area contributed by atoms with E-state index >= 15 is 0 Å². The number of aromatic carboxylic acids is 1. The lowest BCUT2D eigenvalue weighted by molar-refractivity contribution is -0.859. The Balaban J connectivity index is 1.52. The van der Waals surface area contributed by atoms with E-state index in [1.54, 1.807) is 19.1 Å². The van der Waals surface area contributed by atoms with Gasteiger partial charge in [0.2, 0.25) is 5.82 Å². The van der Waals surface area contributed by atoms with Crippen molar-refractivity contribution in [3.05, 3.63) is 86.1 Å². The van der Waals surface area contributed by atoms with Crippen molar-refractivity contribution in [3.63, 3.8) is 0 Å². The van der Waals surface area contributed by atoms with Crippen LogP contribution >= 0.6 is 27.3 Å². The molecule has 17 heteroatoms. The third-order valence-corrected chi connectivity index (χ3v) is 9.11. The summed E-state index contributed by atoms with van der Waals surface area (Å²) < 4.78 is 79.4. The molecule has 9 nitrogen and oxygen atoms in total. The number of hydrogen-bond acceptors (Lipinski definition) is 8. The number of carboxylic acid groups (broad SMARTS) is 1. The van der Waals surface area contributed by atoms with Crippen molar-refractivity contribution in [1.82, 2.24) is 9.97 Å². The number of aromatic nitrogens is 3. The highest BCUT2D eigenvalue weighted by molar-refractivity contribution is 9.10. The van der Waals surface area contributed by atoms with Crippen molar-refractivity contribution < 1.29 is 55.7 Å². The fourth-order valence-electron chi connectivity index (χ4n) is 4.78. The van der Waals surface area contributed by atoms with E-state index in [-0.39, 0.29) is 26.3 Å². The normalized spacial score (nSPS) is 16.6. The van der Waals surface area contributed by atoms with Crippen molar-refractivity contribution >= 4 is 50.8 Å². The third-order valence-electron chi connectivity index (χ3n) is 6.94. The Kier molecular flexibility index (Phi) is 8.39. The number of aryl methyl sites for hydroxylation is 2. The number of benzene rings is 1. The Morgan fingerprint density at radius 3 is 2.53 bits per heavy atom. The molecular weight excluding hydrogens is 698 g/mol. The van der Waals surface area contributed by atoms with Crippen molar-refractivity contribution in [1.29, 1.82) is 0 Å². The predicted molar refractivity (Wildman–Crippen MR) is 150 cm³/mol. The number of alkyl halides is 6. The maximum atomic E-state index is 13.5. The van der Waals surface area contributed by atoms with Crippen molar-refractivity contribution in [2.45, 2.75) is 44.1 Å². The van der Waals surface area contributed by atoms with Crippen LogP contribution in [0.1, 0.15) is 50.5 Å². The quantitative estimate of drug-likeness (QED) is 0.161. The maximum Gasteiger partial charge on any atom is 0.495 e. The Labute approximate surface area is 262 Å². The zero-order valence-corrected chi connectivity index (χ0v) is 25.2. The first-order valence-corrected chi connectivity index (χ1v) is 14.5. The molecule has 1 aliphatic rings. The van der Waals surface area contributed by atoms with Crippen LogP contribution in [0.5, 0.6) is 0 Å². The van der Waals surface area contributed by atoms with Crippen molar-refractivity contribution in [3.8, 4) is 10.6 Å². The number of carboxylic acids is 1. The monoisotopic (exact) mass is 717 g/mol. The summed E-state index contributed by atoms with van der Waals surface area (Å²) in [5, 5.41) is 23.9. The lowest BCUT2D eigenvalue weighted by Crippen LogP contribution is -2.51. The van der Waals surface area contributed by atoms with E-state index in [4.69, 9.17) is 0 Å². The van der Waals surface area contributed by atoms with Gasteiger partial charge in [0.1, 0.15) is 16.8 Å². The summed E-state index contributed by atoms with van der Waals surface area (Å²) in [5.74, 6) is -4.57. The summed E-state index contributed by atoms with van der Waals surface area (Å²) in [6.07, 6.45) is -6.92. The van der Waals surface area contributed by atoms with Gasteiger partial charge in [0, 0.05) is 12.3 Å². The van der Waals surface area contributed by atoms with E-state index in [1.807, 2.05) is 0 Å². The molecule has 3 aromatic heterocycles. The van der Waals surface area contributed by atoms with Gasteiger partial charge >= 0.3 is 30.1 Å². The van der Waals surface area contributed by atoms with Gasteiger partial charge in [-0.2, -0.15) is 26.3 Å². The zero-order valence-electron chi connectivity index (χ0n) is 22.8. The number of aliphatic hydroxyl groups is 1. The average Bonchev–Trinajstić information content (AvgIpc) is 3.46. The zero-order chi connectivity index (χ0) is 32.9. The maximum absolute atomic E-state index is 13.5. The highest BCUT2D eigenvalue weighted by Crippen LogP contribution is 2.44. The highest BCUT2D eigenvalue weighted by atomic mass is 79.9. The van der Waals surface area contributed by atoms with Crippen LogP contribution in [0, 0.1) is 6.92 Å². The topological polar surface area (TPSA) is 126 Å². The lowest BCUT2D eigenvalue weighted by atomic mass is 9.79. The number of thiazole rings is 1. The number of pyridine rings is 2. The van der Waals surface area contributed by atoms with E-state index in [0.29, 0.717) is 64.2 Å². The Hall–Kier alpha value is -4.09. The number of halogens is 7. The summed E-state index contributed by atoms with van der Waals surface area (Å²) >= 11 is 4.37. The Morgan fingerprint density at radius 1 is 1.13 bits per heavy atom. The molecule has 1 atom stereocenters. The number of carbonyl (C=O) groups is 2. The number of nitrogens with one attached hydrogen (secondary N) is 1. The third kappa shape index (κ3) is 6.50. The van der Waals surface area contributed by atoms with Gasteiger partial charge in [0.15, 0.2) is 0 Å². The van der Waals surface area contributed by atoms with Gasteiger partial charge < -0.3 is 10.2 Å². The molecule has 0 aliphatic heterocycles. The fraction of sp³-hybridized carbons (Fsp3) is 0.250. The molecule has 236 valence electrons. The number of rotatable bonds is 6. The van der Waals surface area contributed by atoms with Crippen LogP contribution < -0.4 is 14.9 Å². The molecule has 0 saturated heterocycles. The van der Waals surface area contributed by atoms with Crippen LogP contribution in [-0.4, -0.2) is 38.3 Å². The Bertz CT molecular complexity index is 1830. The molecule has 1 unspecified atom stereocenters.